The number of anilines is 2. The lowest BCUT2D eigenvalue weighted by Gasteiger charge is -2.44. The summed E-state index contributed by atoms with van der Waals surface area (Å²) < 4.78 is 2.00. The van der Waals surface area contributed by atoms with E-state index in [1.807, 2.05) is 54.0 Å². The van der Waals surface area contributed by atoms with Crippen molar-refractivity contribution < 1.29 is 14.7 Å². The minimum Gasteiger partial charge on any atom is -0.465 e. The molecule has 2 aromatic rings. The van der Waals surface area contributed by atoms with Gasteiger partial charge in [0.2, 0.25) is 5.91 Å². The molecule has 146 valence electrons. The van der Waals surface area contributed by atoms with Crippen LogP contribution in [0.2, 0.25) is 0 Å². The highest BCUT2D eigenvalue weighted by atomic mass is 16.4. The maximum absolute atomic E-state index is 13.0. The van der Waals surface area contributed by atoms with Gasteiger partial charge in [-0.1, -0.05) is 6.07 Å². The molecule has 2 fully saturated rings. The van der Waals surface area contributed by atoms with Crippen LogP contribution in [0.5, 0.6) is 0 Å². The van der Waals surface area contributed by atoms with Gasteiger partial charge in [0.15, 0.2) is 0 Å². The van der Waals surface area contributed by atoms with Gasteiger partial charge in [-0.3, -0.25) is 14.4 Å². The van der Waals surface area contributed by atoms with Crippen LogP contribution < -0.4 is 9.80 Å². The third kappa shape index (κ3) is 2.68. The number of carbonyl (C=O) groups is 2. The Morgan fingerprint density at radius 3 is 2.36 bits per heavy atom. The number of amides is 2. The Labute approximate surface area is 163 Å². The van der Waals surface area contributed by atoms with E-state index < -0.39 is 6.09 Å². The first-order valence-electron chi connectivity index (χ1n) is 9.99. The molecule has 0 bridgehead atoms. The molecule has 2 heterocycles. The van der Waals surface area contributed by atoms with Crippen molar-refractivity contribution in [2.75, 3.05) is 9.80 Å². The summed E-state index contributed by atoms with van der Waals surface area (Å²) in [4.78, 5) is 28.2. The minimum absolute atomic E-state index is 0.0696. The molecular weight excluding hydrogens is 356 g/mol. The normalized spacial score (nSPS) is 24.2. The fraction of sp³-hybridized carbons (Fsp3) is 0.476. The van der Waals surface area contributed by atoms with E-state index in [1.54, 1.807) is 0 Å². The van der Waals surface area contributed by atoms with E-state index in [0.717, 1.165) is 36.8 Å². The van der Waals surface area contributed by atoms with Gasteiger partial charge in [0, 0.05) is 17.7 Å². The molecule has 2 atom stereocenters. The summed E-state index contributed by atoms with van der Waals surface area (Å²) in [5, 5.41) is 14.2. The third-order valence-corrected chi connectivity index (χ3v) is 6.23. The highest BCUT2D eigenvalue weighted by Gasteiger charge is 2.44. The SMILES string of the molecule is CC1[C@H](C)N(C(=O)C2CC2)c2cc(-c3cnn(C4CC4)c3)ccc2N1C(=O)O. The van der Waals surface area contributed by atoms with Crippen molar-refractivity contribution in [1.29, 1.82) is 0 Å². The first-order valence-corrected chi connectivity index (χ1v) is 9.99. The van der Waals surface area contributed by atoms with E-state index in [9.17, 15) is 14.7 Å². The molecule has 2 aliphatic carbocycles. The zero-order valence-corrected chi connectivity index (χ0v) is 16.1. The van der Waals surface area contributed by atoms with Gasteiger partial charge in [-0.25, -0.2) is 4.79 Å². The van der Waals surface area contributed by atoms with E-state index in [2.05, 4.69) is 5.10 Å². The first kappa shape index (κ1) is 17.3. The summed E-state index contributed by atoms with van der Waals surface area (Å²) in [5.41, 5.74) is 3.19. The first-order chi connectivity index (χ1) is 13.5. The van der Waals surface area contributed by atoms with Gasteiger partial charge in [0.1, 0.15) is 0 Å². The Morgan fingerprint density at radius 2 is 1.71 bits per heavy atom. The summed E-state index contributed by atoms with van der Waals surface area (Å²) in [6.07, 6.45) is 7.06. The lowest BCUT2D eigenvalue weighted by atomic mass is 9.97. The number of rotatable bonds is 3. The summed E-state index contributed by atoms with van der Waals surface area (Å²) in [6, 6.07) is 5.66. The summed E-state index contributed by atoms with van der Waals surface area (Å²) in [5.74, 6) is 0.177. The van der Waals surface area contributed by atoms with Crippen molar-refractivity contribution in [2.24, 2.45) is 5.92 Å². The second kappa shape index (κ2) is 6.09. The summed E-state index contributed by atoms with van der Waals surface area (Å²) in [6.45, 7) is 3.80. The zero-order valence-electron chi connectivity index (χ0n) is 16.1. The number of benzene rings is 1. The molecule has 1 aromatic heterocycles. The number of hydrogen-bond donors (Lipinski definition) is 1. The fourth-order valence-corrected chi connectivity index (χ4v) is 4.12. The quantitative estimate of drug-likeness (QED) is 0.876. The van der Waals surface area contributed by atoms with E-state index >= 15 is 0 Å². The predicted molar refractivity (Wildman–Crippen MR) is 106 cm³/mol. The molecule has 0 spiro atoms. The second-order valence-corrected chi connectivity index (χ2v) is 8.26. The lowest BCUT2D eigenvalue weighted by Crippen LogP contribution is -2.57. The third-order valence-electron chi connectivity index (χ3n) is 6.23. The van der Waals surface area contributed by atoms with Crippen LogP contribution in [0.4, 0.5) is 16.2 Å². The molecule has 1 aromatic carbocycles. The van der Waals surface area contributed by atoms with Gasteiger partial charge in [0.05, 0.1) is 35.7 Å². The number of carboxylic acid groups (broad SMARTS) is 1. The topological polar surface area (TPSA) is 78.7 Å². The van der Waals surface area contributed by atoms with Gasteiger partial charge in [-0.15, -0.1) is 0 Å². The molecule has 5 rings (SSSR count). The van der Waals surface area contributed by atoms with Crippen molar-refractivity contribution in [3.8, 4) is 11.1 Å². The molecule has 2 saturated carbocycles. The Morgan fingerprint density at radius 1 is 1.00 bits per heavy atom. The smallest absolute Gasteiger partial charge is 0.412 e. The molecule has 7 nitrogen and oxygen atoms in total. The molecular formula is C21H24N4O3. The molecule has 3 aliphatic rings. The van der Waals surface area contributed by atoms with Crippen LogP contribution in [0.3, 0.4) is 0 Å². The van der Waals surface area contributed by atoms with E-state index in [4.69, 9.17) is 0 Å². The van der Waals surface area contributed by atoms with Crippen LogP contribution in [0.15, 0.2) is 30.6 Å². The van der Waals surface area contributed by atoms with Gasteiger partial charge in [-0.05, 0) is 57.2 Å². The fourth-order valence-electron chi connectivity index (χ4n) is 4.12. The second-order valence-electron chi connectivity index (χ2n) is 8.26. The van der Waals surface area contributed by atoms with Gasteiger partial charge in [-0.2, -0.15) is 5.10 Å². The van der Waals surface area contributed by atoms with Crippen LogP contribution in [0.1, 0.15) is 45.6 Å². The maximum atomic E-state index is 13.0. The standard InChI is InChI=1S/C21H24N4O3/c1-12-13(2)25(21(27)28)18-8-5-15(16-10-22-23(11-16)17-6-7-17)9-19(18)24(12)20(26)14-3-4-14/h5,8-14,17H,3-4,6-7H2,1-2H3,(H,27,28)/t12-,13?/m0/s1. The summed E-state index contributed by atoms with van der Waals surface area (Å²) in [7, 11) is 0. The Hall–Kier alpha value is -2.83. The molecule has 0 radical (unpaired) electrons. The van der Waals surface area contributed by atoms with Crippen LogP contribution >= 0.6 is 0 Å². The summed E-state index contributed by atoms with van der Waals surface area (Å²) >= 11 is 0. The number of aromatic nitrogens is 2. The lowest BCUT2D eigenvalue weighted by molar-refractivity contribution is -0.120. The molecule has 2 amide bonds. The average molecular weight is 380 g/mol. The van der Waals surface area contributed by atoms with Crippen molar-refractivity contribution in [2.45, 2.75) is 57.7 Å². The van der Waals surface area contributed by atoms with Gasteiger partial charge < -0.3 is 10.0 Å². The van der Waals surface area contributed by atoms with Crippen molar-refractivity contribution in [3.05, 3.63) is 30.6 Å². The largest absolute Gasteiger partial charge is 0.465 e. The molecule has 7 heteroatoms. The van der Waals surface area contributed by atoms with Crippen LogP contribution in [-0.2, 0) is 4.79 Å². The minimum atomic E-state index is -0.992. The van der Waals surface area contributed by atoms with Gasteiger partial charge in [0.25, 0.3) is 0 Å². The molecule has 28 heavy (non-hydrogen) atoms. The van der Waals surface area contributed by atoms with Crippen molar-refractivity contribution in [3.63, 3.8) is 0 Å². The number of fused-ring (bicyclic) bond motifs is 1. The van der Waals surface area contributed by atoms with Crippen LogP contribution in [0.25, 0.3) is 11.1 Å². The maximum Gasteiger partial charge on any atom is 0.412 e. The molecule has 0 saturated heterocycles. The van der Waals surface area contributed by atoms with E-state index in [-0.39, 0.29) is 23.9 Å². The van der Waals surface area contributed by atoms with Crippen molar-refractivity contribution >= 4 is 23.4 Å². The highest BCUT2D eigenvalue weighted by molar-refractivity contribution is 6.05. The predicted octanol–water partition coefficient (Wildman–Crippen LogP) is 3.90. The number of nitrogens with zero attached hydrogens (tertiary/aromatic N) is 4. The Kier molecular flexibility index (Phi) is 3.76. The Bertz CT molecular complexity index is 960. The zero-order chi connectivity index (χ0) is 19.6. The number of hydrogen-bond acceptors (Lipinski definition) is 3. The number of carbonyl (C=O) groups excluding carboxylic acids is 1. The Balaban J connectivity index is 1.61. The van der Waals surface area contributed by atoms with Gasteiger partial charge >= 0.3 is 6.09 Å². The highest BCUT2D eigenvalue weighted by Crippen LogP contribution is 2.44. The monoisotopic (exact) mass is 380 g/mol. The van der Waals surface area contributed by atoms with Crippen LogP contribution in [-0.4, -0.2) is 39.0 Å². The average Bonchev–Trinajstić information content (AvgIpc) is 3.60. The van der Waals surface area contributed by atoms with Crippen LogP contribution in [0, 0.1) is 5.92 Å². The molecule has 1 unspecified atom stereocenters. The van der Waals surface area contributed by atoms with Crippen molar-refractivity contribution in [1.82, 2.24) is 9.78 Å². The van der Waals surface area contributed by atoms with E-state index in [0.29, 0.717) is 17.4 Å². The van der Waals surface area contributed by atoms with E-state index in [1.165, 1.54) is 4.90 Å². The molecule has 1 aliphatic heterocycles. The molecule has 1 N–H and O–H groups in total.